The number of nitrogens with zero attached hydrogens (tertiary/aromatic N) is 10. The topological polar surface area (TPSA) is 558 Å². The van der Waals surface area contributed by atoms with Crippen LogP contribution in [0.5, 0.6) is 0 Å². The second-order valence-corrected chi connectivity index (χ2v) is 32.7. The molecule has 126 heavy (non-hydrogen) atoms. The summed E-state index contributed by atoms with van der Waals surface area (Å²) in [6.07, 6.45) is 12.5. The quantitative estimate of drug-likeness (QED) is 0.0236. The second-order valence-electron chi connectivity index (χ2n) is 25.5. The molecule has 35 nitrogen and oxygen atoms in total. The monoisotopic (exact) mass is 1830 g/mol. The minimum atomic E-state index is -5.29. The molecule has 0 saturated carbocycles. The van der Waals surface area contributed by atoms with Crippen LogP contribution in [0.25, 0.3) is 0 Å². The number of nitrogens with one attached hydrogen (secondary N) is 5. The first-order valence-electron chi connectivity index (χ1n) is 36.5. The van der Waals surface area contributed by atoms with E-state index in [1.165, 1.54) is 84.2 Å². The van der Waals surface area contributed by atoms with Gasteiger partial charge >= 0.3 is 39.6 Å². The van der Waals surface area contributed by atoms with Crippen molar-refractivity contribution in [3.8, 4) is 0 Å². The van der Waals surface area contributed by atoms with E-state index < -0.39 is 96.7 Å². The zero-order chi connectivity index (χ0) is 94.4. The van der Waals surface area contributed by atoms with E-state index in [4.69, 9.17) is 26.0 Å². The minimum absolute atomic E-state index is 0.000833. The van der Waals surface area contributed by atoms with E-state index in [2.05, 4.69) is 79.0 Å². The number of carbonyl (C=O) groups excluding carboxylic acids is 6. The average molecular weight is 1830 g/mol. The molecule has 10 aromatic heterocycles. The third-order valence-electron chi connectivity index (χ3n) is 14.4. The number of halogens is 6. The number of rotatable bonds is 21. The number of carboxylic acids is 2. The third-order valence-corrected chi connectivity index (χ3v) is 18.9. The van der Waals surface area contributed by atoms with Crippen molar-refractivity contribution in [2.75, 3.05) is 6.66 Å². The van der Waals surface area contributed by atoms with Crippen LogP contribution in [0.2, 0.25) is 0 Å². The molecule has 1 aromatic carbocycles. The Labute approximate surface area is 721 Å². The summed E-state index contributed by atoms with van der Waals surface area (Å²) in [5, 5.41) is 27.7. The fraction of sp³-hybridized carbons (Fsp3) is 0.210. The van der Waals surface area contributed by atoms with E-state index in [1.54, 1.807) is 197 Å². The van der Waals surface area contributed by atoms with Gasteiger partial charge in [-0.2, -0.15) is 26.3 Å². The molecule has 10 heterocycles. The Morgan fingerprint density at radius 3 is 1.10 bits per heavy atom. The van der Waals surface area contributed by atoms with Crippen LogP contribution in [0.4, 0.5) is 26.3 Å². The van der Waals surface area contributed by atoms with Crippen molar-refractivity contribution in [1.29, 1.82) is 0 Å². The molecule has 1 atom stereocenters. The number of alkyl halides is 6. The van der Waals surface area contributed by atoms with Crippen LogP contribution in [0.3, 0.4) is 0 Å². The summed E-state index contributed by atoms with van der Waals surface area (Å²) in [7, 11) is -15.5. The molecular weight excluding hydrogens is 1740 g/mol. The van der Waals surface area contributed by atoms with E-state index in [1.807, 2.05) is 30.3 Å². The second kappa shape index (κ2) is 56.2. The highest BCUT2D eigenvalue weighted by Crippen LogP contribution is 2.32. The summed E-state index contributed by atoms with van der Waals surface area (Å²) in [6.45, 7) is 10.3. The molecule has 11 aromatic rings. The van der Waals surface area contributed by atoms with Gasteiger partial charge in [0.2, 0.25) is 23.3 Å². The van der Waals surface area contributed by atoms with Gasteiger partial charge in [0.1, 0.15) is 28.2 Å². The highest BCUT2D eigenvalue weighted by Gasteiger charge is 2.45. The van der Waals surface area contributed by atoms with Gasteiger partial charge in [0.05, 0.1) is 47.9 Å². The van der Waals surface area contributed by atoms with Gasteiger partial charge < -0.3 is 26.2 Å². The molecule has 11 rings (SSSR count). The number of aromatic nitrogens is 10. The highest BCUT2D eigenvalue weighted by molar-refractivity contribution is 7.90. The lowest BCUT2D eigenvalue weighted by atomic mass is 9.96. The highest BCUT2D eigenvalue weighted by atomic mass is 32.2. The zero-order valence-corrected chi connectivity index (χ0v) is 71.4. The fourth-order valence-corrected chi connectivity index (χ4v) is 10.6. The van der Waals surface area contributed by atoms with Gasteiger partial charge in [0, 0.05) is 92.2 Å². The van der Waals surface area contributed by atoms with Crippen LogP contribution in [0.15, 0.2) is 284 Å². The van der Waals surface area contributed by atoms with Crippen LogP contribution >= 0.6 is 7.37 Å². The minimum Gasteiger partial charge on any atom is -0.481 e. The number of carbonyl (C=O) groups is 8. The maximum absolute atomic E-state index is 11.9. The van der Waals surface area contributed by atoms with E-state index in [-0.39, 0.29) is 69.7 Å². The van der Waals surface area contributed by atoms with E-state index in [0.29, 0.717) is 29.2 Å². The lowest BCUT2D eigenvalue weighted by molar-refractivity contribution is -0.172. The predicted octanol–water partition coefficient (Wildman–Crippen LogP) is 9.19. The largest absolute Gasteiger partial charge is 0.511 e. The van der Waals surface area contributed by atoms with Gasteiger partial charge in [-0.3, -0.25) is 98.4 Å². The molecule has 0 fully saturated rings. The number of primary sulfonamides is 1. The van der Waals surface area contributed by atoms with Crippen molar-refractivity contribution in [3.05, 3.63) is 320 Å². The molecule has 0 aliphatic rings. The summed E-state index contributed by atoms with van der Waals surface area (Å²) in [5.41, 5.74) is 2.40. The Bertz CT molecular complexity index is 5420. The number of benzene rings is 1. The van der Waals surface area contributed by atoms with Crippen LogP contribution < -0.4 is 41.7 Å². The van der Waals surface area contributed by atoms with Gasteiger partial charge in [0.25, 0.3) is 33.7 Å². The normalized spacial score (nSPS) is 11.1. The Hall–Kier alpha value is -13.6. The summed E-state index contributed by atoms with van der Waals surface area (Å²) in [5.74, 6) is -6.46. The van der Waals surface area contributed by atoms with Crippen LogP contribution in [0, 0.1) is 5.41 Å². The van der Waals surface area contributed by atoms with Gasteiger partial charge in [-0.1, -0.05) is 113 Å². The molecule has 0 aliphatic carbocycles. The first-order valence-corrected chi connectivity index (χ1v) is 43.1. The summed E-state index contributed by atoms with van der Waals surface area (Å²) in [6, 6.07) is 58.0. The standard InChI is InChI=1S/C12H12N2O2S.C11H14N2O2.C11H16N2O.C8H5F3N2O2.C8H9NO2.C7H7F3N2O2S.C7H7NO2.C6H6N2O.C6H8NO2P.C5H6N2O2S/c15-17(16,12-7-2-1-3-8-12)14-10-11-6-4-5-9-13-11;1-11(2,3)10(15)13-9(14)8-6-4-5-7-12-8;1-3-9(4-2)13-11(14)10-7-5-6-8-12-10;9-8(10,11)7(15)13-6(14)5-3-1-2-4-12-5;10-8(11)5-4-7-3-1-2-6-9-7;8-7(9,10)15(13,14)12-5-6-3-1-2-4-11-6;9-7(10)5-6-3-1-2-4-8-6;7-6(9)5-3-1-2-4-8-5;1-10(8,9)6-4-2-3-5-7-6;6-10(8,9)5-3-1-2-4-7-5/h1-9,14H,10H2;4-7H,1-3H3,(H,13,14,15);5-9H,3-4H2,1-2H3,(H,13,14);1-4H,(H,13,14,15);1-3,6H,4-5H2,(H,10,11);1-4,12H,5H2;1-4H,5H2,(H,9,10);1-4H,(H2,7,9);2-5H,1H3,(H,8,9);1-4H,(H2,6,8,9). The summed E-state index contributed by atoms with van der Waals surface area (Å²) in [4.78, 5) is 134. The zero-order valence-electron chi connectivity index (χ0n) is 68.0. The fourth-order valence-electron chi connectivity index (χ4n) is 8.01. The first-order chi connectivity index (χ1) is 59.2. The van der Waals surface area contributed by atoms with Crippen LogP contribution in [0.1, 0.15) is 119 Å². The van der Waals surface area contributed by atoms with Crippen LogP contribution in [-0.2, 0) is 79.7 Å². The molecule has 0 saturated heterocycles. The molecule has 0 bridgehead atoms. The number of imide groups is 2. The first kappa shape index (κ1) is 108. The number of sulfonamides is 3. The van der Waals surface area contributed by atoms with Crippen LogP contribution in [-0.4, -0.2) is 162 Å². The lowest BCUT2D eigenvalue weighted by Crippen LogP contribution is -2.40. The van der Waals surface area contributed by atoms with Crippen molar-refractivity contribution in [1.82, 2.24) is 75.2 Å². The van der Waals surface area contributed by atoms with Crippen molar-refractivity contribution in [2.24, 2.45) is 16.3 Å². The molecule has 672 valence electrons. The number of amides is 6. The maximum Gasteiger partial charge on any atom is 0.511 e. The predicted molar refractivity (Wildman–Crippen MR) is 450 cm³/mol. The molecule has 12 N–H and O–H groups in total. The number of hydrogen-bond acceptors (Lipinski definition) is 25. The lowest BCUT2D eigenvalue weighted by Gasteiger charge is -2.16. The van der Waals surface area contributed by atoms with Gasteiger partial charge in [-0.25, -0.2) is 44.8 Å². The number of carboxylic acid groups (broad SMARTS) is 2. The number of aryl methyl sites for hydroxylation is 1. The van der Waals surface area contributed by atoms with E-state index in [9.17, 15) is 94.5 Å². The van der Waals surface area contributed by atoms with Crippen molar-refractivity contribution >= 4 is 90.3 Å². The maximum atomic E-state index is 11.9. The Balaban J connectivity index is 0.000000477. The van der Waals surface area contributed by atoms with Gasteiger partial charge in [0.15, 0.2) is 5.03 Å². The molecule has 6 amide bonds. The molecule has 0 radical (unpaired) electrons. The molecule has 0 aliphatic heterocycles. The summed E-state index contributed by atoms with van der Waals surface area (Å²) >= 11 is 0. The average Bonchev–Trinajstić information content (AvgIpc) is 0.830. The Morgan fingerprint density at radius 1 is 0.437 bits per heavy atom. The molecular formula is C81H90F6N17O18PS3. The number of pyridine rings is 10. The van der Waals surface area contributed by atoms with E-state index >= 15 is 0 Å². The van der Waals surface area contributed by atoms with Gasteiger partial charge in [-0.05, 0) is 146 Å². The molecule has 0 spiro atoms. The Kier molecular flexibility index (Phi) is 48.4. The smallest absolute Gasteiger partial charge is 0.481 e. The van der Waals surface area contributed by atoms with Gasteiger partial charge in [-0.15, -0.1) is 0 Å². The number of hydrogen-bond donors (Lipinski definition) is 10. The third kappa shape index (κ3) is 47.7. The SMILES string of the molecule is CC(C)(C)C(=O)NC(=O)c1ccccn1.CCC(CC)NC(=O)c1ccccn1.CP(=O)(O)c1ccccn1.NC(=O)c1ccccn1.NS(=O)(=O)c1ccccn1.O=C(NC(=O)C(F)(F)F)c1ccccn1.O=C(O)CCc1ccccn1.O=C(O)Cc1ccccn1.O=S(=O)(NCc1ccccn1)C(F)(F)F.O=S(=O)(NCc1ccccn1)c1ccccc1. The van der Waals surface area contributed by atoms with Crippen molar-refractivity contribution in [2.45, 2.75) is 107 Å². The van der Waals surface area contributed by atoms with E-state index in [0.717, 1.165) is 18.5 Å². The molecule has 1 unspecified atom stereocenters. The number of nitrogens with two attached hydrogens (primary N) is 2. The number of primary amides is 1. The summed E-state index contributed by atoms with van der Waals surface area (Å²) < 4.78 is 152. The molecule has 45 heteroatoms. The number of aliphatic carboxylic acids is 2. The van der Waals surface area contributed by atoms with Crippen molar-refractivity contribution < 1.29 is 110 Å². The van der Waals surface area contributed by atoms with Crippen molar-refractivity contribution in [3.63, 3.8) is 0 Å². The Morgan fingerprint density at radius 2 is 0.794 bits per heavy atom.